The van der Waals surface area contributed by atoms with Gasteiger partial charge >= 0.3 is 0 Å². The molecule has 13 aliphatic rings. The molecular formula is C84H141N3O61. The number of hydrogen-bond acceptors (Lipinski definition) is 61. The van der Waals surface area contributed by atoms with Crippen molar-refractivity contribution in [3.05, 3.63) is 0 Å². The summed E-state index contributed by atoms with van der Waals surface area (Å²) in [6.45, 7) is -1.28. The summed E-state index contributed by atoms with van der Waals surface area (Å²) in [6, 6.07) is -6.49. The average molecular weight is 2170 g/mol. The maximum Gasteiger partial charge on any atom is 0.217 e. The van der Waals surface area contributed by atoms with Crippen LogP contribution in [-0.2, 0) is 133 Å². The Morgan fingerprint density at radius 3 is 0.709 bits per heavy atom. The molecule has 0 radical (unpaired) electrons. The van der Waals surface area contributed by atoms with Gasteiger partial charge in [-0.3, -0.25) is 14.4 Å². The van der Waals surface area contributed by atoms with Gasteiger partial charge in [0.1, 0.15) is 287 Å². The maximum atomic E-state index is 14.0. The number of nitrogens with one attached hydrogen (secondary N) is 3. The van der Waals surface area contributed by atoms with E-state index in [-0.39, 0.29) is 0 Å². The second-order valence-corrected chi connectivity index (χ2v) is 38.6. The first-order valence-electron chi connectivity index (χ1n) is 48.0. The van der Waals surface area contributed by atoms with Crippen LogP contribution in [0.15, 0.2) is 0 Å². The summed E-state index contributed by atoms with van der Waals surface area (Å²) in [7, 11) is 0. The van der Waals surface area contributed by atoms with Crippen molar-refractivity contribution in [1.29, 1.82) is 0 Å². The molecule has 65 atom stereocenters. The van der Waals surface area contributed by atoms with Gasteiger partial charge in [-0.25, -0.2) is 0 Å². The van der Waals surface area contributed by atoms with Gasteiger partial charge in [0.15, 0.2) is 81.8 Å². The van der Waals surface area contributed by atoms with E-state index in [1.807, 2.05) is 0 Å². The van der Waals surface area contributed by atoms with Crippen LogP contribution in [-0.4, -0.2) is 638 Å². The molecule has 0 aromatic heterocycles. The van der Waals surface area contributed by atoms with Gasteiger partial charge in [-0.15, -0.1) is 0 Å². The summed E-state index contributed by atoms with van der Waals surface area (Å²) in [4.78, 5) is 41.7. The van der Waals surface area contributed by atoms with E-state index in [1.165, 1.54) is 34.6 Å². The topological polar surface area (TPSA) is 986 Å². The van der Waals surface area contributed by atoms with Gasteiger partial charge < -0.3 is 303 Å². The molecule has 0 aromatic carbocycles. The van der Waals surface area contributed by atoms with E-state index >= 15 is 0 Å². The van der Waals surface area contributed by atoms with Crippen molar-refractivity contribution < 1.29 is 301 Å². The molecule has 0 spiro atoms. The largest absolute Gasteiger partial charge is 0.394 e. The van der Waals surface area contributed by atoms with E-state index in [9.17, 15) is 183 Å². The first-order valence-corrected chi connectivity index (χ1v) is 48.0. The zero-order valence-corrected chi connectivity index (χ0v) is 80.4. The third kappa shape index (κ3) is 25.8. The van der Waals surface area contributed by atoms with Crippen LogP contribution in [0.2, 0.25) is 0 Å². The highest BCUT2D eigenvalue weighted by Gasteiger charge is 2.65. The predicted octanol–water partition coefficient (Wildman–Crippen LogP) is -23.8. The molecule has 0 aromatic rings. The molecule has 0 bridgehead atoms. The van der Waals surface area contributed by atoms with Crippen LogP contribution in [0, 0.1) is 0 Å². The zero-order chi connectivity index (χ0) is 109. The van der Waals surface area contributed by atoms with E-state index in [0.717, 1.165) is 20.8 Å². The van der Waals surface area contributed by atoms with Gasteiger partial charge in [-0.2, -0.15) is 0 Å². The predicted molar refractivity (Wildman–Crippen MR) is 455 cm³/mol. The third-order valence-corrected chi connectivity index (χ3v) is 28.2. The normalized spacial score (nSPS) is 52.6. The summed E-state index contributed by atoms with van der Waals surface area (Å²) in [5.41, 5.74) is 0. The van der Waals surface area contributed by atoms with Gasteiger partial charge in [0, 0.05) is 20.8 Å². The number of carbonyl (C=O) groups excluding carboxylic acids is 3. The lowest BCUT2D eigenvalue weighted by atomic mass is 9.93. The Kier molecular flexibility index (Phi) is 42.4. The minimum atomic E-state index is -2.62. The van der Waals surface area contributed by atoms with Crippen molar-refractivity contribution in [2.24, 2.45) is 0 Å². The number of carbonyl (C=O) groups is 3. The van der Waals surface area contributed by atoms with Gasteiger partial charge in [0.05, 0.1) is 83.4 Å². The lowest BCUT2D eigenvalue weighted by molar-refractivity contribution is -0.403. The van der Waals surface area contributed by atoms with Crippen molar-refractivity contribution in [2.45, 2.75) is 454 Å². The second kappa shape index (κ2) is 51.8. The highest BCUT2D eigenvalue weighted by atomic mass is 16.8. The van der Waals surface area contributed by atoms with Crippen LogP contribution in [0.4, 0.5) is 0 Å². The summed E-state index contributed by atoms with van der Waals surface area (Å²) >= 11 is 0. The Bertz CT molecular complexity index is 4110. The number of hydrogen-bond donors (Lipinski definition) is 36. The van der Waals surface area contributed by atoms with Gasteiger partial charge in [0.2, 0.25) is 17.7 Å². The summed E-state index contributed by atoms with van der Waals surface area (Å²) in [5.74, 6) is -3.26. The summed E-state index contributed by atoms with van der Waals surface area (Å²) < 4.78 is 153. The molecule has 13 saturated heterocycles. The molecule has 13 heterocycles. The summed E-state index contributed by atoms with van der Waals surface area (Å²) in [6.07, 6.45) is -132. The highest BCUT2D eigenvalue weighted by molar-refractivity contribution is 5.74. The second-order valence-electron chi connectivity index (χ2n) is 38.6. The Balaban J connectivity index is 0.848. The van der Waals surface area contributed by atoms with Crippen molar-refractivity contribution in [1.82, 2.24) is 16.0 Å². The molecule has 36 N–H and O–H groups in total. The quantitative estimate of drug-likeness (QED) is 0.0280. The van der Waals surface area contributed by atoms with Gasteiger partial charge in [-0.1, -0.05) is 0 Å². The molecule has 3 amide bonds. The van der Waals surface area contributed by atoms with Crippen molar-refractivity contribution in [3.8, 4) is 0 Å². The van der Waals surface area contributed by atoms with Crippen LogP contribution in [0.1, 0.15) is 55.4 Å². The molecular weight excluding hydrogens is 2030 g/mol. The smallest absolute Gasteiger partial charge is 0.217 e. The molecule has 1 unspecified atom stereocenters. The van der Waals surface area contributed by atoms with E-state index in [1.54, 1.807) is 0 Å². The Labute approximate surface area is 839 Å². The SMILES string of the molecule is CC(=O)N[C@H]1[C@H](O[C@H]2[C@@H](O)[C@@H](CO[C@@H]3O[C@H](CO)[C@@H](O[C@@H]4O[C@H](CO)[C@H](O)[C@H](O[C@@H]5O[C@H](CO)[C@@H](O[C@@H]6O[C@@H](C)[C@@H](O)[C@@H](O)[C@@H]6O)[C@H](O[C@@H]6O[C@H](CO)[C@H](O)[C@H](O)[C@H]6O[C@@H]6O[C@@H](C)[C@@H](O)[C@@H](O)[C@@H]6O)[C@H]5NC(C)=O)[C@H]4O)[C@H](O[C@@H]4O[C@@H](C)[C@@H](O)[C@@H](O)[C@@H]4O)[C@H]3NC(C)=O)O[C@@H](O[C@H]3[C@H](O)[C@@H](O)C(O)O[C@@H]3CO)[C@@H]2O)O[C@H](CO)[C@@H](O[C@@H]2O[C@@H](C)[C@@H](O)[C@@H](O)[C@@H]2O)[C@@H]1O[C@@H]1O[C@H](CO)[C@H](O)[C@H](O)[C@H]1O[C@@H]1O[C@@H](C)[C@@H](O)[C@@H](O)[C@@H]1O. The average Bonchev–Trinajstić information content (AvgIpc) is 0.748. The van der Waals surface area contributed by atoms with Crippen LogP contribution in [0.25, 0.3) is 0 Å². The molecule has 13 aliphatic heterocycles. The fourth-order valence-corrected chi connectivity index (χ4v) is 19.7. The molecule has 64 nitrogen and oxygen atoms in total. The molecule has 858 valence electrons. The van der Waals surface area contributed by atoms with Crippen LogP contribution < -0.4 is 16.0 Å². The number of aliphatic hydroxyl groups excluding tert-OH is 33. The minimum Gasteiger partial charge on any atom is -0.394 e. The number of rotatable bonds is 35. The number of amides is 3. The fraction of sp³-hybridized carbons (Fsp3) is 0.964. The monoisotopic (exact) mass is 2170 g/mol. The standard InChI is InChI=1S/C84H141N3O61/c1-17-36(98)45(107)54(116)76(125-17)139-63-30(14-93)135-74(34(86-23(7)96)66(63)143-83-70(50(112)41(103)25(9-88)132-83)147-79-57(119)48(110)39(101)20(4)128-79)145-68-43(105)27(11-90)131-81(59(68)121)141-62-29(13-92)134-73(33(85-22(6)95)65(62)142-78-56(118)47(109)38(100)19(3)127-78)124-16-32-44(106)69(60(122)82(137-32)138-61-28(12-91)130-72(123)53(115)52(61)114)146-75-35(87-24(8)97)67(64(31(15-94)136-75)140-77-55(117)46(108)37(99)18(2)126-77)144-84-71(51(113)42(104)26(10-89)133-84)148-80-58(120)49(111)40(102)21(5)129-80/h17-21,25-84,88-94,98-123H,9-16H2,1-8H3,(H,85,95)(H,86,96)(H,87,97)/t17-,18-,19-,20-,21-,25+,26+,27+,28+,29+,30+,31+,32+,33+,34+,35+,36+,37+,38+,39+,40+,41-,42-,43-,44-,45+,46+,47+,48+,49+,50-,51-,52+,53+,54-,55-,56-,57-,58-,59+,60+,61+,62+,63+,64+,65+,66+,67+,68-,69-,70+,71+,72?,73+,74-,75-,76-,77-,78-,79-,80-,81-,82-,83-,84-/m0/s1. The molecule has 13 rings (SSSR count). The third-order valence-electron chi connectivity index (χ3n) is 28.2. The molecule has 0 saturated carbocycles. The van der Waals surface area contributed by atoms with E-state index in [0.29, 0.717) is 0 Å². The minimum absolute atomic E-state index is 0.871. The summed E-state index contributed by atoms with van der Waals surface area (Å²) in [5, 5.41) is 382. The van der Waals surface area contributed by atoms with E-state index in [2.05, 4.69) is 16.0 Å². The van der Waals surface area contributed by atoms with Crippen molar-refractivity contribution in [3.63, 3.8) is 0 Å². The maximum absolute atomic E-state index is 14.0. The lowest BCUT2D eigenvalue weighted by Crippen LogP contribution is -2.72. The zero-order valence-electron chi connectivity index (χ0n) is 80.4. The highest BCUT2D eigenvalue weighted by Crippen LogP contribution is 2.45. The molecule has 64 heteroatoms. The lowest BCUT2D eigenvalue weighted by Gasteiger charge is -2.52. The number of ether oxygens (including phenoxy) is 25. The fourth-order valence-electron chi connectivity index (χ4n) is 19.7. The Morgan fingerprint density at radius 1 is 0.189 bits per heavy atom. The van der Waals surface area contributed by atoms with Crippen LogP contribution in [0.5, 0.6) is 0 Å². The Morgan fingerprint density at radius 2 is 0.405 bits per heavy atom. The number of aliphatic hydroxyl groups is 33. The molecule has 0 aliphatic carbocycles. The first kappa shape index (κ1) is 121. The first-order chi connectivity index (χ1) is 69.9. The van der Waals surface area contributed by atoms with Crippen molar-refractivity contribution >= 4 is 17.7 Å². The van der Waals surface area contributed by atoms with E-state index < -0.39 is 470 Å². The van der Waals surface area contributed by atoms with E-state index in [4.69, 9.17) is 118 Å². The van der Waals surface area contributed by atoms with Gasteiger partial charge in [-0.05, 0) is 34.6 Å². The Hall–Kier alpha value is -3.91. The molecule has 13 fully saturated rings. The van der Waals surface area contributed by atoms with Gasteiger partial charge in [0.25, 0.3) is 0 Å². The van der Waals surface area contributed by atoms with Crippen molar-refractivity contribution in [2.75, 3.05) is 52.9 Å². The van der Waals surface area contributed by atoms with Crippen LogP contribution >= 0.6 is 0 Å². The molecule has 148 heavy (non-hydrogen) atoms. The van der Waals surface area contributed by atoms with Crippen LogP contribution in [0.3, 0.4) is 0 Å².